The van der Waals surface area contributed by atoms with Gasteiger partial charge in [-0.3, -0.25) is 4.79 Å². The van der Waals surface area contributed by atoms with E-state index < -0.39 is 0 Å². The number of nitrogens with zero attached hydrogens (tertiary/aromatic N) is 2. The van der Waals surface area contributed by atoms with Gasteiger partial charge in [0.1, 0.15) is 5.75 Å². The van der Waals surface area contributed by atoms with Crippen molar-refractivity contribution in [2.75, 3.05) is 7.11 Å². The van der Waals surface area contributed by atoms with Crippen molar-refractivity contribution in [3.63, 3.8) is 0 Å². The molecule has 1 heterocycles. The van der Waals surface area contributed by atoms with Crippen LogP contribution < -0.4 is 16.0 Å². The van der Waals surface area contributed by atoms with Gasteiger partial charge in [-0.15, -0.1) is 0 Å². The van der Waals surface area contributed by atoms with Gasteiger partial charge in [-0.25, -0.2) is 4.68 Å². The van der Waals surface area contributed by atoms with E-state index in [1.807, 2.05) is 30.3 Å². The molecule has 0 saturated heterocycles. The number of aryl methyl sites for hydroxylation is 1. The van der Waals surface area contributed by atoms with Crippen LogP contribution in [0.2, 0.25) is 0 Å². The molecule has 0 saturated carbocycles. The van der Waals surface area contributed by atoms with Gasteiger partial charge in [-0.05, 0) is 23.8 Å². The van der Waals surface area contributed by atoms with E-state index in [0.717, 1.165) is 22.2 Å². The Morgan fingerprint density at radius 3 is 2.50 bits per heavy atom. The van der Waals surface area contributed by atoms with Crippen molar-refractivity contribution in [1.29, 1.82) is 0 Å². The lowest BCUT2D eigenvalue weighted by Gasteiger charge is -2.10. The second-order valence-corrected chi connectivity index (χ2v) is 5.09. The summed E-state index contributed by atoms with van der Waals surface area (Å²) in [5.41, 5.74) is 8.25. The molecular weight excluding hydrogens is 278 g/mol. The largest absolute Gasteiger partial charge is 0.497 e. The summed E-state index contributed by atoms with van der Waals surface area (Å²) in [6.07, 6.45) is 0. The van der Waals surface area contributed by atoms with Gasteiger partial charge in [0.15, 0.2) is 0 Å². The minimum Gasteiger partial charge on any atom is -0.497 e. The van der Waals surface area contributed by atoms with Crippen molar-refractivity contribution in [3.8, 4) is 17.0 Å². The summed E-state index contributed by atoms with van der Waals surface area (Å²) in [4.78, 5) is 12.3. The SMILES string of the molecule is COc1ccc2c(=O)n(C)nc(-c3ccc(CN)cc3)c2c1. The molecule has 2 N–H and O–H groups in total. The minimum atomic E-state index is -0.125. The molecule has 0 radical (unpaired) electrons. The quantitative estimate of drug-likeness (QED) is 0.803. The van der Waals surface area contributed by atoms with Crippen LogP contribution in [0.25, 0.3) is 22.0 Å². The fourth-order valence-electron chi connectivity index (χ4n) is 2.47. The van der Waals surface area contributed by atoms with Crippen molar-refractivity contribution in [2.45, 2.75) is 6.54 Å². The molecule has 5 nitrogen and oxygen atoms in total. The molecule has 5 heteroatoms. The first-order valence-electron chi connectivity index (χ1n) is 6.98. The Balaban J connectivity index is 2.31. The molecular formula is C17H17N3O2. The average Bonchev–Trinajstić information content (AvgIpc) is 2.57. The summed E-state index contributed by atoms with van der Waals surface area (Å²) in [5, 5.41) is 5.82. The summed E-state index contributed by atoms with van der Waals surface area (Å²) in [6.45, 7) is 0.496. The van der Waals surface area contributed by atoms with Gasteiger partial charge in [0.05, 0.1) is 18.2 Å². The first kappa shape index (κ1) is 14.3. The minimum absolute atomic E-state index is 0.125. The van der Waals surface area contributed by atoms with Gasteiger partial charge in [0, 0.05) is 24.5 Å². The van der Waals surface area contributed by atoms with E-state index >= 15 is 0 Å². The third-order valence-electron chi connectivity index (χ3n) is 3.72. The zero-order valence-corrected chi connectivity index (χ0v) is 12.5. The van der Waals surface area contributed by atoms with Crippen LogP contribution in [-0.4, -0.2) is 16.9 Å². The van der Waals surface area contributed by atoms with E-state index in [2.05, 4.69) is 5.10 Å². The Labute approximate surface area is 127 Å². The van der Waals surface area contributed by atoms with Crippen LogP contribution in [0, 0.1) is 0 Å². The van der Waals surface area contributed by atoms with Crippen LogP contribution in [0.5, 0.6) is 5.75 Å². The highest BCUT2D eigenvalue weighted by molar-refractivity contribution is 5.94. The number of aromatic nitrogens is 2. The highest BCUT2D eigenvalue weighted by Gasteiger charge is 2.11. The predicted octanol–water partition coefficient (Wildman–Crippen LogP) is 2.07. The number of hydrogen-bond donors (Lipinski definition) is 1. The molecule has 0 aliphatic carbocycles. The second-order valence-electron chi connectivity index (χ2n) is 5.09. The standard InChI is InChI=1S/C17H17N3O2/c1-20-17(21)14-8-7-13(22-2)9-15(14)16(19-20)12-5-3-11(10-18)4-6-12/h3-9H,10,18H2,1-2H3. The van der Waals surface area contributed by atoms with Gasteiger partial charge in [-0.2, -0.15) is 5.10 Å². The van der Waals surface area contributed by atoms with Crippen LogP contribution in [0.4, 0.5) is 0 Å². The number of rotatable bonds is 3. The fourth-order valence-corrected chi connectivity index (χ4v) is 2.47. The molecule has 0 atom stereocenters. The summed E-state index contributed by atoms with van der Waals surface area (Å²) in [7, 11) is 3.26. The number of nitrogens with two attached hydrogens (primary N) is 1. The molecule has 0 fully saturated rings. The Kier molecular flexibility index (Phi) is 3.65. The summed E-state index contributed by atoms with van der Waals surface area (Å²) in [5.74, 6) is 0.697. The normalized spacial score (nSPS) is 10.9. The maximum Gasteiger partial charge on any atom is 0.274 e. The van der Waals surface area contributed by atoms with E-state index in [-0.39, 0.29) is 5.56 Å². The monoisotopic (exact) mass is 295 g/mol. The molecule has 112 valence electrons. The van der Waals surface area contributed by atoms with E-state index in [0.29, 0.717) is 17.7 Å². The summed E-state index contributed by atoms with van der Waals surface area (Å²) >= 11 is 0. The van der Waals surface area contributed by atoms with Crippen LogP contribution in [-0.2, 0) is 13.6 Å². The van der Waals surface area contributed by atoms with E-state index in [4.69, 9.17) is 10.5 Å². The summed E-state index contributed by atoms with van der Waals surface area (Å²) in [6, 6.07) is 13.3. The smallest absolute Gasteiger partial charge is 0.274 e. The first-order chi connectivity index (χ1) is 10.6. The van der Waals surface area contributed by atoms with Gasteiger partial charge >= 0.3 is 0 Å². The number of hydrogen-bond acceptors (Lipinski definition) is 4. The third kappa shape index (κ3) is 2.35. The molecule has 0 spiro atoms. The van der Waals surface area contributed by atoms with Crippen molar-refractivity contribution < 1.29 is 4.74 Å². The van der Waals surface area contributed by atoms with Crippen LogP contribution in [0.15, 0.2) is 47.3 Å². The van der Waals surface area contributed by atoms with E-state index in [1.54, 1.807) is 26.3 Å². The topological polar surface area (TPSA) is 70.1 Å². The van der Waals surface area contributed by atoms with Gasteiger partial charge in [0.25, 0.3) is 5.56 Å². The molecule has 0 aliphatic heterocycles. The number of ether oxygens (including phenoxy) is 1. The molecule has 0 amide bonds. The maximum absolute atomic E-state index is 12.3. The fraction of sp³-hybridized carbons (Fsp3) is 0.176. The zero-order valence-electron chi connectivity index (χ0n) is 12.5. The van der Waals surface area contributed by atoms with Gasteiger partial charge < -0.3 is 10.5 Å². The van der Waals surface area contributed by atoms with Crippen molar-refractivity contribution in [1.82, 2.24) is 9.78 Å². The van der Waals surface area contributed by atoms with Gasteiger partial charge in [0.2, 0.25) is 0 Å². The number of methoxy groups -OCH3 is 1. The lowest BCUT2D eigenvalue weighted by atomic mass is 10.0. The molecule has 3 aromatic rings. The molecule has 22 heavy (non-hydrogen) atoms. The van der Waals surface area contributed by atoms with Crippen molar-refractivity contribution >= 4 is 10.8 Å². The average molecular weight is 295 g/mol. The third-order valence-corrected chi connectivity index (χ3v) is 3.72. The Hall–Kier alpha value is -2.66. The number of fused-ring (bicyclic) bond motifs is 1. The Morgan fingerprint density at radius 1 is 1.14 bits per heavy atom. The van der Waals surface area contributed by atoms with Gasteiger partial charge in [-0.1, -0.05) is 24.3 Å². The number of benzene rings is 2. The van der Waals surface area contributed by atoms with Crippen molar-refractivity contribution in [2.24, 2.45) is 12.8 Å². The highest BCUT2D eigenvalue weighted by Crippen LogP contribution is 2.27. The molecule has 1 aromatic heterocycles. The molecule has 3 rings (SSSR count). The second kappa shape index (κ2) is 5.61. The molecule has 0 bridgehead atoms. The van der Waals surface area contributed by atoms with Crippen LogP contribution in [0.3, 0.4) is 0 Å². The first-order valence-corrected chi connectivity index (χ1v) is 6.98. The lowest BCUT2D eigenvalue weighted by Crippen LogP contribution is -2.20. The van der Waals surface area contributed by atoms with Crippen LogP contribution >= 0.6 is 0 Å². The van der Waals surface area contributed by atoms with Crippen molar-refractivity contribution in [3.05, 3.63) is 58.4 Å². The Morgan fingerprint density at radius 2 is 1.86 bits per heavy atom. The Bertz CT molecular complexity index is 883. The molecule has 0 aliphatic rings. The summed E-state index contributed by atoms with van der Waals surface area (Å²) < 4.78 is 6.63. The molecule has 2 aromatic carbocycles. The highest BCUT2D eigenvalue weighted by atomic mass is 16.5. The molecule has 0 unspecified atom stereocenters. The zero-order chi connectivity index (χ0) is 15.7. The van der Waals surface area contributed by atoms with E-state index in [1.165, 1.54) is 4.68 Å². The van der Waals surface area contributed by atoms with E-state index in [9.17, 15) is 4.79 Å². The lowest BCUT2D eigenvalue weighted by molar-refractivity contribution is 0.415. The maximum atomic E-state index is 12.3. The van der Waals surface area contributed by atoms with Crippen LogP contribution in [0.1, 0.15) is 5.56 Å². The predicted molar refractivity (Wildman–Crippen MR) is 86.9 cm³/mol.